The molecule has 1 nitrogen and oxygen atoms in total. The number of rotatable bonds is 4. The van der Waals surface area contributed by atoms with Crippen LogP contribution in [-0.2, 0) is 11.2 Å². The Kier molecular flexibility index (Phi) is 6.50. The molecule has 17 heavy (non-hydrogen) atoms. The molecule has 0 atom stereocenters. The van der Waals surface area contributed by atoms with Crippen molar-refractivity contribution in [3.63, 3.8) is 0 Å². The molecule has 2 heteroatoms. The Labute approximate surface area is 108 Å². The molecule has 0 saturated carbocycles. The minimum Gasteiger partial charge on any atom is -0.288 e. The predicted molar refractivity (Wildman–Crippen MR) is 75.1 cm³/mol. The average Bonchev–Trinajstić information content (AvgIpc) is 2.33. The van der Waals surface area contributed by atoms with Crippen molar-refractivity contribution in [1.29, 1.82) is 0 Å². The molecule has 0 spiro atoms. The maximum absolute atomic E-state index is 10.7. The van der Waals surface area contributed by atoms with E-state index in [-0.39, 0.29) is 5.12 Å². The van der Waals surface area contributed by atoms with Crippen molar-refractivity contribution in [3.8, 4) is 11.8 Å². The van der Waals surface area contributed by atoms with E-state index in [1.165, 1.54) is 30.2 Å². The number of hydrogen-bond donors (Lipinski definition) is 0. The molecule has 0 amide bonds. The Morgan fingerprint density at radius 3 is 2.59 bits per heavy atom. The van der Waals surface area contributed by atoms with Crippen LogP contribution >= 0.6 is 11.8 Å². The van der Waals surface area contributed by atoms with Gasteiger partial charge in [0.2, 0.25) is 0 Å². The first kappa shape index (κ1) is 13.9. The van der Waals surface area contributed by atoms with Gasteiger partial charge in [-0.3, -0.25) is 4.79 Å². The minimum atomic E-state index is 0.120. The topological polar surface area (TPSA) is 17.1 Å². The molecular weight excluding hydrogens is 228 g/mol. The molecular formula is C15H18OS. The molecule has 0 aliphatic rings. The van der Waals surface area contributed by atoms with E-state index in [2.05, 4.69) is 43.0 Å². The summed E-state index contributed by atoms with van der Waals surface area (Å²) in [6, 6.07) is 8.38. The smallest absolute Gasteiger partial charge is 0.186 e. The van der Waals surface area contributed by atoms with Crippen LogP contribution in [0.25, 0.3) is 0 Å². The van der Waals surface area contributed by atoms with Gasteiger partial charge in [0.05, 0.1) is 5.75 Å². The van der Waals surface area contributed by atoms with E-state index >= 15 is 0 Å². The van der Waals surface area contributed by atoms with E-state index in [1.807, 2.05) is 0 Å². The van der Waals surface area contributed by atoms with Crippen molar-refractivity contribution in [2.24, 2.45) is 0 Å². The fourth-order valence-electron chi connectivity index (χ4n) is 1.41. The lowest BCUT2D eigenvalue weighted by Gasteiger charge is -1.99. The van der Waals surface area contributed by atoms with Gasteiger partial charge in [0.15, 0.2) is 5.12 Å². The molecule has 1 rings (SSSR count). The van der Waals surface area contributed by atoms with Crippen molar-refractivity contribution >= 4 is 16.9 Å². The second-order valence-electron chi connectivity index (χ2n) is 3.88. The monoisotopic (exact) mass is 246 g/mol. The van der Waals surface area contributed by atoms with Crippen molar-refractivity contribution in [1.82, 2.24) is 0 Å². The summed E-state index contributed by atoms with van der Waals surface area (Å²) in [4.78, 5) is 10.7. The summed E-state index contributed by atoms with van der Waals surface area (Å²) in [5.41, 5.74) is 2.39. The molecule has 0 unspecified atom stereocenters. The summed E-state index contributed by atoms with van der Waals surface area (Å²) in [6.45, 7) is 3.77. The number of aryl methyl sites for hydroxylation is 1. The van der Waals surface area contributed by atoms with E-state index in [0.717, 1.165) is 12.0 Å². The van der Waals surface area contributed by atoms with Gasteiger partial charge in [-0.1, -0.05) is 49.1 Å². The van der Waals surface area contributed by atoms with Crippen LogP contribution in [0.2, 0.25) is 0 Å². The van der Waals surface area contributed by atoms with Gasteiger partial charge in [0, 0.05) is 12.5 Å². The largest absolute Gasteiger partial charge is 0.288 e. The SMILES string of the molecule is CCCCc1ccc(C#CCSC(C)=O)cc1. The normalized spacial score (nSPS) is 9.53. The van der Waals surface area contributed by atoms with Crippen molar-refractivity contribution in [3.05, 3.63) is 35.4 Å². The second kappa shape index (κ2) is 7.97. The van der Waals surface area contributed by atoms with Gasteiger partial charge in [-0.2, -0.15) is 0 Å². The highest BCUT2D eigenvalue weighted by Crippen LogP contribution is 2.07. The van der Waals surface area contributed by atoms with Crippen LogP contribution in [0.1, 0.15) is 37.8 Å². The van der Waals surface area contributed by atoms with E-state index in [0.29, 0.717) is 5.75 Å². The number of hydrogen-bond acceptors (Lipinski definition) is 2. The summed E-state index contributed by atoms with van der Waals surface area (Å²) in [6.07, 6.45) is 3.61. The van der Waals surface area contributed by atoms with Crippen LogP contribution in [-0.4, -0.2) is 10.9 Å². The van der Waals surface area contributed by atoms with E-state index in [9.17, 15) is 4.79 Å². The molecule has 90 valence electrons. The summed E-state index contributed by atoms with van der Waals surface area (Å²) in [5.74, 6) is 6.62. The number of carbonyl (C=O) groups excluding carboxylic acids is 1. The van der Waals surface area contributed by atoms with E-state index in [4.69, 9.17) is 0 Å². The van der Waals surface area contributed by atoms with Crippen LogP contribution in [0.3, 0.4) is 0 Å². The molecule has 0 aliphatic heterocycles. The maximum Gasteiger partial charge on any atom is 0.186 e. The third-order valence-corrected chi connectivity index (χ3v) is 3.05. The Morgan fingerprint density at radius 2 is 2.00 bits per heavy atom. The summed E-state index contributed by atoms with van der Waals surface area (Å²) in [5, 5.41) is 0.120. The zero-order valence-corrected chi connectivity index (χ0v) is 11.3. The van der Waals surface area contributed by atoms with Gasteiger partial charge in [0.25, 0.3) is 0 Å². The van der Waals surface area contributed by atoms with Gasteiger partial charge < -0.3 is 0 Å². The van der Waals surface area contributed by atoms with E-state index in [1.54, 1.807) is 6.92 Å². The standard InChI is InChI=1S/C15H18OS/c1-3-4-6-14-8-10-15(11-9-14)7-5-12-17-13(2)16/h8-11H,3-4,6,12H2,1-2H3. The summed E-state index contributed by atoms with van der Waals surface area (Å²) < 4.78 is 0. The first-order chi connectivity index (χ1) is 8.22. The van der Waals surface area contributed by atoms with Crippen LogP contribution in [0.5, 0.6) is 0 Å². The lowest BCUT2D eigenvalue weighted by Crippen LogP contribution is -1.85. The van der Waals surface area contributed by atoms with Gasteiger partial charge in [-0.05, 0) is 30.5 Å². The fourth-order valence-corrected chi connectivity index (χ4v) is 1.76. The average molecular weight is 246 g/mol. The highest BCUT2D eigenvalue weighted by atomic mass is 32.2. The molecule has 0 aromatic heterocycles. The number of carbonyl (C=O) groups is 1. The van der Waals surface area contributed by atoms with Gasteiger partial charge in [-0.15, -0.1) is 0 Å². The highest BCUT2D eigenvalue weighted by molar-refractivity contribution is 8.13. The third-order valence-electron chi connectivity index (χ3n) is 2.35. The fraction of sp³-hybridized carbons (Fsp3) is 0.400. The van der Waals surface area contributed by atoms with Crippen LogP contribution < -0.4 is 0 Å². The van der Waals surface area contributed by atoms with Gasteiger partial charge >= 0.3 is 0 Å². The van der Waals surface area contributed by atoms with Gasteiger partial charge in [-0.25, -0.2) is 0 Å². The molecule has 0 heterocycles. The zero-order valence-electron chi connectivity index (χ0n) is 10.5. The second-order valence-corrected chi connectivity index (χ2v) is 5.03. The van der Waals surface area contributed by atoms with Crippen LogP contribution in [0.15, 0.2) is 24.3 Å². The number of thioether (sulfide) groups is 1. The zero-order chi connectivity index (χ0) is 12.5. The van der Waals surface area contributed by atoms with E-state index < -0.39 is 0 Å². The number of unbranched alkanes of at least 4 members (excludes halogenated alkanes) is 1. The molecule has 0 N–H and O–H groups in total. The van der Waals surface area contributed by atoms with Crippen molar-refractivity contribution in [2.45, 2.75) is 33.1 Å². The minimum absolute atomic E-state index is 0.120. The van der Waals surface area contributed by atoms with Crippen LogP contribution in [0, 0.1) is 11.8 Å². The van der Waals surface area contributed by atoms with Crippen molar-refractivity contribution in [2.75, 3.05) is 5.75 Å². The Balaban J connectivity index is 2.47. The lowest BCUT2D eigenvalue weighted by molar-refractivity contribution is -0.109. The first-order valence-corrected chi connectivity index (χ1v) is 6.92. The Bertz CT molecular complexity index is 409. The Hall–Kier alpha value is -1.20. The number of benzene rings is 1. The molecule has 0 fully saturated rings. The Morgan fingerprint density at radius 1 is 1.29 bits per heavy atom. The first-order valence-electron chi connectivity index (χ1n) is 5.93. The van der Waals surface area contributed by atoms with Gasteiger partial charge in [0.1, 0.15) is 0 Å². The van der Waals surface area contributed by atoms with Crippen LogP contribution in [0.4, 0.5) is 0 Å². The van der Waals surface area contributed by atoms with Crippen molar-refractivity contribution < 1.29 is 4.79 Å². The molecule has 0 bridgehead atoms. The lowest BCUT2D eigenvalue weighted by atomic mass is 10.1. The third kappa shape index (κ3) is 6.19. The predicted octanol–water partition coefficient (Wildman–Crippen LogP) is 3.66. The molecule has 0 saturated heterocycles. The maximum atomic E-state index is 10.7. The quantitative estimate of drug-likeness (QED) is 0.754. The molecule has 0 radical (unpaired) electrons. The highest BCUT2D eigenvalue weighted by Gasteiger charge is 1.92. The molecule has 1 aromatic carbocycles. The molecule has 0 aliphatic carbocycles. The summed E-state index contributed by atoms with van der Waals surface area (Å²) >= 11 is 1.25. The summed E-state index contributed by atoms with van der Waals surface area (Å²) in [7, 11) is 0. The molecule has 1 aromatic rings.